The van der Waals surface area contributed by atoms with Crippen LogP contribution in [-0.2, 0) is 12.5 Å². The maximum absolute atomic E-state index is 5.81. The molecule has 2 aromatic rings. The smallest absolute Gasteiger partial charge is 0.161 e. The highest BCUT2D eigenvalue weighted by molar-refractivity contribution is 6.17. The summed E-state index contributed by atoms with van der Waals surface area (Å²) in [6.45, 7) is 0.454. The molecule has 0 aliphatic carbocycles. The molecule has 1 heterocycles. The zero-order valence-electron chi connectivity index (χ0n) is 10.1. The molecule has 94 valence electrons. The summed E-state index contributed by atoms with van der Waals surface area (Å²) in [5, 5.41) is 0. The number of methoxy groups -OCH3 is 1. The Balaban J connectivity index is 2.12. The normalized spacial score (nSPS) is 10.1. The van der Waals surface area contributed by atoms with Crippen LogP contribution in [-0.4, -0.2) is 12.1 Å². The van der Waals surface area contributed by atoms with E-state index >= 15 is 0 Å². The number of nitrogens with zero attached hydrogens (tertiary/aromatic N) is 1. The standard InChI is InChI=1S/C14H14ClNO2/c1-17-13-5-4-11(8-15)7-14(13)18-10-12-3-2-6-16-9-12/h2-7,9H,8,10H2,1H3. The van der Waals surface area contributed by atoms with Crippen molar-refractivity contribution in [3.05, 3.63) is 53.9 Å². The molecule has 3 nitrogen and oxygen atoms in total. The SMILES string of the molecule is COc1ccc(CCl)cc1OCc1cccnc1. The fourth-order valence-electron chi connectivity index (χ4n) is 1.56. The largest absolute Gasteiger partial charge is 0.493 e. The first-order chi connectivity index (χ1) is 8.83. The number of rotatable bonds is 5. The highest BCUT2D eigenvalue weighted by Crippen LogP contribution is 2.29. The predicted molar refractivity (Wildman–Crippen MR) is 71.1 cm³/mol. The summed E-state index contributed by atoms with van der Waals surface area (Å²) in [5.41, 5.74) is 2.01. The molecule has 0 amide bonds. The maximum atomic E-state index is 5.81. The third-order valence-electron chi connectivity index (χ3n) is 2.50. The number of hydrogen-bond donors (Lipinski definition) is 0. The lowest BCUT2D eigenvalue weighted by Gasteiger charge is -2.11. The van der Waals surface area contributed by atoms with Crippen LogP contribution in [0.25, 0.3) is 0 Å². The van der Waals surface area contributed by atoms with E-state index in [1.807, 2.05) is 30.3 Å². The molecule has 4 heteroatoms. The highest BCUT2D eigenvalue weighted by Gasteiger charge is 2.05. The molecule has 1 aromatic carbocycles. The fraction of sp³-hybridized carbons (Fsp3) is 0.214. The molecule has 0 aliphatic heterocycles. The van der Waals surface area contributed by atoms with Crippen molar-refractivity contribution in [1.29, 1.82) is 0 Å². The van der Waals surface area contributed by atoms with Gasteiger partial charge in [0.2, 0.25) is 0 Å². The molecule has 0 N–H and O–H groups in total. The Bertz CT molecular complexity index is 502. The molecule has 0 spiro atoms. The monoisotopic (exact) mass is 263 g/mol. The number of alkyl halides is 1. The molecule has 0 aliphatic rings. The van der Waals surface area contributed by atoms with Gasteiger partial charge in [0.05, 0.1) is 7.11 Å². The lowest BCUT2D eigenvalue weighted by atomic mass is 10.2. The molecule has 0 saturated heterocycles. The zero-order valence-corrected chi connectivity index (χ0v) is 10.9. The minimum absolute atomic E-state index is 0.452. The van der Waals surface area contributed by atoms with Crippen molar-refractivity contribution in [3.8, 4) is 11.5 Å². The summed E-state index contributed by atoms with van der Waals surface area (Å²) in [6.07, 6.45) is 3.51. The quantitative estimate of drug-likeness (QED) is 0.775. The van der Waals surface area contributed by atoms with E-state index in [-0.39, 0.29) is 0 Å². The van der Waals surface area contributed by atoms with Crippen LogP contribution >= 0.6 is 11.6 Å². The van der Waals surface area contributed by atoms with E-state index in [0.29, 0.717) is 24.0 Å². The molecular weight excluding hydrogens is 250 g/mol. The van der Waals surface area contributed by atoms with Crippen LogP contribution in [0.4, 0.5) is 0 Å². The van der Waals surface area contributed by atoms with Crippen molar-refractivity contribution in [3.63, 3.8) is 0 Å². The summed E-state index contributed by atoms with van der Waals surface area (Å²) in [4.78, 5) is 4.04. The van der Waals surface area contributed by atoms with Gasteiger partial charge in [-0.15, -0.1) is 11.6 Å². The molecule has 0 unspecified atom stereocenters. The van der Waals surface area contributed by atoms with Crippen LogP contribution in [0.2, 0.25) is 0 Å². The van der Waals surface area contributed by atoms with Gasteiger partial charge in [-0.05, 0) is 23.8 Å². The minimum atomic E-state index is 0.452. The Morgan fingerprint density at radius 2 is 2.06 bits per heavy atom. The molecule has 0 radical (unpaired) electrons. The van der Waals surface area contributed by atoms with Gasteiger partial charge in [0.25, 0.3) is 0 Å². The molecule has 18 heavy (non-hydrogen) atoms. The van der Waals surface area contributed by atoms with E-state index in [9.17, 15) is 0 Å². The van der Waals surface area contributed by atoms with Gasteiger partial charge in [0.15, 0.2) is 11.5 Å². The van der Waals surface area contributed by atoms with Gasteiger partial charge in [0, 0.05) is 23.8 Å². The van der Waals surface area contributed by atoms with Gasteiger partial charge in [-0.2, -0.15) is 0 Å². The van der Waals surface area contributed by atoms with E-state index in [0.717, 1.165) is 11.1 Å². The van der Waals surface area contributed by atoms with Crippen molar-refractivity contribution in [2.24, 2.45) is 0 Å². The topological polar surface area (TPSA) is 31.4 Å². The summed E-state index contributed by atoms with van der Waals surface area (Å²) in [7, 11) is 1.62. The Kier molecular flexibility index (Phi) is 4.42. The number of benzene rings is 1. The Labute approximate surface area is 111 Å². The summed E-state index contributed by atoms with van der Waals surface area (Å²) in [6, 6.07) is 9.51. The van der Waals surface area contributed by atoms with Crippen LogP contribution in [0, 0.1) is 0 Å². The van der Waals surface area contributed by atoms with Crippen molar-refractivity contribution in [2.75, 3.05) is 7.11 Å². The minimum Gasteiger partial charge on any atom is -0.493 e. The molecular formula is C14H14ClNO2. The molecule has 0 fully saturated rings. The predicted octanol–water partition coefficient (Wildman–Crippen LogP) is 3.41. The summed E-state index contributed by atoms with van der Waals surface area (Å²) >= 11 is 5.81. The third-order valence-corrected chi connectivity index (χ3v) is 2.81. The first-order valence-corrected chi connectivity index (χ1v) is 6.11. The summed E-state index contributed by atoms with van der Waals surface area (Å²) < 4.78 is 11.0. The number of hydrogen-bond acceptors (Lipinski definition) is 3. The van der Waals surface area contributed by atoms with E-state index in [2.05, 4.69) is 4.98 Å². The van der Waals surface area contributed by atoms with Crippen LogP contribution < -0.4 is 9.47 Å². The second-order valence-electron chi connectivity index (χ2n) is 3.77. The Morgan fingerprint density at radius 3 is 2.72 bits per heavy atom. The van der Waals surface area contributed by atoms with E-state index in [1.165, 1.54) is 0 Å². The van der Waals surface area contributed by atoms with Crippen molar-refractivity contribution >= 4 is 11.6 Å². The van der Waals surface area contributed by atoms with Gasteiger partial charge in [0.1, 0.15) is 6.61 Å². The first-order valence-electron chi connectivity index (χ1n) is 5.58. The number of ether oxygens (including phenoxy) is 2. The molecule has 1 aromatic heterocycles. The number of aromatic nitrogens is 1. The van der Waals surface area contributed by atoms with Crippen molar-refractivity contribution < 1.29 is 9.47 Å². The van der Waals surface area contributed by atoms with Gasteiger partial charge in [-0.1, -0.05) is 12.1 Å². The Hall–Kier alpha value is -1.74. The van der Waals surface area contributed by atoms with E-state index in [1.54, 1.807) is 19.5 Å². The first kappa shape index (κ1) is 12.7. The Morgan fingerprint density at radius 1 is 1.17 bits per heavy atom. The fourth-order valence-corrected chi connectivity index (χ4v) is 1.73. The van der Waals surface area contributed by atoms with Crippen molar-refractivity contribution in [2.45, 2.75) is 12.5 Å². The van der Waals surface area contributed by atoms with Gasteiger partial charge < -0.3 is 9.47 Å². The number of halogens is 1. The molecule has 2 rings (SSSR count). The summed E-state index contributed by atoms with van der Waals surface area (Å²) in [5.74, 6) is 1.85. The average Bonchev–Trinajstić information content (AvgIpc) is 2.45. The van der Waals surface area contributed by atoms with Crippen molar-refractivity contribution in [1.82, 2.24) is 4.98 Å². The van der Waals surface area contributed by atoms with Gasteiger partial charge in [-0.25, -0.2) is 0 Å². The van der Waals surface area contributed by atoms with Crippen LogP contribution in [0.1, 0.15) is 11.1 Å². The van der Waals surface area contributed by atoms with Crippen LogP contribution in [0.15, 0.2) is 42.7 Å². The third kappa shape index (κ3) is 3.14. The maximum Gasteiger partial charge on any atom is 0.161 e. The molecule has 0 bridgehead atoms. The molecule has 0 atom stereocenters. The second-order valence-corrected chi connectivity index (χ2v) is 4.04. The van der Waals surface area contributed by atoms with Crippen LogP contribution in [0.3, 0.4) is 0 Å². The number of pyridine rings is 1. The zero-order chi connectivity index (χ0) is 12.8. The van der Waals surface area contributed by atoms with E-state index in [4.69, 9.17) is 21.1 Å². The van der Waals surface area contributed by atoms with Gasteiger partial charge in [-0.3, -0.25) is 4.98 Å². The van der Waals surface area contributed by atoms with E-state index < -0.39 is 0 Å². The molecule has 0 saturated carbocycles. The average molecular weight is 264 g/mol. The lowest BCUT2D eigenvalue weighted by Crippen LogP contribution is -1.98. The highest BCUT2D eigenvalue weighted by atomic mass is 35.5. The second kappa shape index (κ2) is 6.26. The van der Waals surface area contributed by atoms with Crippen LogP contribution in [0.5, 0.6) is 11.5 Å². The van der Waals surface area contributed by atoms with Gasteiger partial charge >= 0.3 is 0 Å². The lowest BCUT2D eigenvalue weighted by molar-refractivity contribution is 0.284.